The van der Waals surface area contributed by atoms with Crippen LogP contribution in [0.4, 0.5) is 23.0 Å². The van der Waals surface area contributed by atoms with Crippen molar-refractivity contribution in [3.05, 3.63) is 60.6 Å². The molecule has 0 amide bonds. The van der Waals surface area contributed by atoms with Gasteiger partial charge >= 0.3 is 0 Å². The molecule has 6 rings (SSSR count). The number of β-amino-alcohol motifs (C(OH)–C–C–N with tert-alkyl or cyclic N) is 1. The minimum atomic E-state index is -0.817. The topological polar surface area (TPSA) is 119 Å². The van der Waals surface area contributed by atoms with Gasteiger partial charge in [0.25, 0.3) is 0 Å². The molecule has 1 saturated carbocycles. The first-order valence-electron chi connectivity index (χ1n) is 13.4. The zero-order valence-corrected chi connectivity index (χ0v) is 21.5. The molecular weight excluding hydrogens is 478 g/mol. The third kappa shape index (κ3) is 5.12. The Morgan fingerprint density at radius 3 is 2.68 bits per heavy atom. The number of hydrogen-bond acceptors (Lipinski definition) is 9. The van der Waals surface area contributed by atoms with Crippen LogP contribution < -0.4 is 15.5 Å². The van der Waals surface area contributed by atoms with Crippen molar-refractivity contribution in [1.82, 2.24) is 19.9 Å². The molecule has 0 radical (unpaired) electrons. The van der Waals surface area contributed by atoms with Crippen LogP contribution in [0.25, 0.3) is 22.3 Å². The van der Waals surface area contributed by atoms with Crippen LogP contribution in [0.15, 0.2) is 55.0 Å². The Morgan fingerprint density at radius 1 is 1.00 bits per heavy atom. The molecule has 9 nitrogen and oxygen atoms in total. The third-order valence-electron chi connectivity index (χ3n) is 7.21. The van der Waals surface area contributed by atoms with E-state index >= 15 is 0 Å². The molecule has 4 N–H and O–H groups in total. The van der Waals surface area contributed by atoms with Crippen LogP contribution in [0.1, 0.15) is 44.1 Å². The molecule has 196 valence electrons. The highest BCUT2D eigenvalue weighted by Gasteiger charge is 2.32. The van der Waals surface area contributed by atoms with Crippen molar-refractivity contribution in [2.45, 2.75) is 50.7 Å². The Bertz CT molecular complexity index is 1440. The SMILES string of the molecule is CCCNc1cccc(Nc2cc(-c3nc(N4CC[C@H](O)C(O)C4)c4c(C5CC5)cncc4n3)ccn2)c1. The van der Waals surface area contributed by atoms with Crippen molar-refractivity contribution < 1.29 is 10.2 Å². The minimum absolute atomic E-state index is 0.324. The van der Waals surface area contributed by atoms with E-state index in [0.717, 1.165) is 59.5 Å². The highest BCUT2D eigenvalue weighted by atomic mass is 16.3. The van der Waals surface area contributed by atoms with Crippen LogP contribution in [0.3, 0.4) is 0 Å². The van der Waals surface area contributed by atoms with Crippen LogP contribution in [-0.2, 0) is 0 Å². The molecule has 3 aromatic heterocycles. The van der Waals surface area contributed by atoms with Gasteiger partial charge < -0.3 is 25.7 Å². The quantitative estimate of drug-likeness (QED) is 0.272. The number of piperidine rings is 1. The van der Waals surface area contributed by atoms with Gasteiger partial charge in [-0.3, -0.25) is 4.98 Å². The second kappa shape index (κ2) is 10.5. The number of pyridine rings is 2. The number of aromatic nitrogens is 4. The summed E-state index contributed by atoms with van der Waals surface area (Å²) in [6.45, 7) is 4.00. The summed E-state index contributed by atoms with van der Waals surface area (Å²) < 4.78 is 0. The van der Waals surface area contributed by atoms with Gasteiger partial charge in [0.05, 0.1) is 23.9 Å². The summed E-state index contributed by atoms with van der Waals surface area (Å²) in [5.41, 5.74) is 4.79. The predicted molar refractivity (Wildman–Crippen MR) is 150 cm³/mol. The molecule has 1 unspecified atom stereocenters. The average Bonchev–Trinajstić information content (AvgIpc) is 3.78. The lowest BCUT2D eigenvalue weighted by atomic mass is 10.0. The Kier molecular flexibility index (Phi) is 6.78. The van der Waals surface area contributed by atoms with Crippen molar-refractivity contribution in [2.75, 3.05) is 35.2 Å². The average molecular weight is 512 g/mol. The van der Waals surface area contributed by atoms with Crippen LogP contribution in [-0.4, -0.2) is 62.0 Å². The molecule has 4 aromatic rings. The molecule has 1 aliphatic carbocycles. The zero-order valence-electron chi connectivity index (χ0n) is 21.5. The Morgan fingerprint density at radius 2 is 1.87 bits per heavy atom. The van der Waals surface area contributed by atoms with Gasteiger partial charge in [0, 0.05) is 54.4 Å². The Hall–Kier alpha value is -3.82. The molecule has 2 fully saturated rings. The summed E-state index contributed by atoms with van der Waals surface area (Å²) in [6.07, 6.45) is 7.76. The summed E-state index contributed by atoms with van der Waals surface area (Å²) >= 11 is 0. The van der Waals surface area contributed by atoms with E-state index in [2.05, 4.69) is 44.6 Å². The fourth-order valence-corrected chi connectivity index (χ4v) is 5.02. The minimum Gasteiger partial charge on any atom is -0.390 e. The number of fused-ring (bicyclic) bond motifs is 1. The van der Waals surface area contributed by atoms with Gasteiger partial charge in [-0.25, -0.2) is 15.0 Å². The van der Waals surface area contributed by atoms with E-state index in [0.29, 0.717) is 37.1 Å². The Balaban J connectivity index is 1.37. The highest BCUT2D eigenvalue weighted by molar-refractivity contribution is 5.94. The number of rotatable bonds is 8. The van der Waals surface area contributed by atoms with Crippen molar-refractivity contribution in [1.29, 1.82) is 0 Å². The second-order valence-corrected chi connectivity index (χ2v) is 10.2. The molecule has 1 saturated heterocycles. The van der Waals surface area contributed by atoms with E-state index in [1.807, 2.05) is 30.5 Å². The predicted octanol–water partition coefficient (Wildman–Crippen LogP) is 4.46. The molecule has 38 heavy (non-hydrogen) atoms. The summed E-state index contributed by atoms with van der Waals surface area (Å²) in [4.78, 5) is 21.1. The maximum Gasteiger partial charge on any atom is 0.162 e. The summed E-state index contributed by atoms with van der Waals surface area (Å²) in [5.74, 6) is 2.54. The molecule has 2 atom stereocenters. The number of nitrogens with zero attached hydrogens (tertiary/aromatic N) is 5. The van der Waals surface area contributed by atoms with Crippen molar-refractivity contribution in [3.63, 3.8) is 0 Å². The number of hydrogen-bond donors (Lipinski definition) is 4. The summed E-state index contributed by atoms with van der Waals surface area (Å²) in [6, 6.07) is 12.0. The van der Waals surface area contributed by atoms with E-state index < -0.39 is 12.2 Å². The van der Waals surface area contributed by atoms with E-state index in [-0.39, 0.29) is 0 Å². The Labute approximate surface area is 222 Å². The van der Waals surface area contributed by atoms with Crippen LogP contribution in [0.2, 0.25) is 0 Å². The fourth-order valence-electron chi connectivity index (χ4n) is 5.02. The first-order valence-corrected chi connectivity index (χ1v) is 13.4. The lowest BCUT2D eigenvalue weighted by molar-refractivity contribution is 0.00792. The number of nitrogens with one attached hydrogen (secondary N) is 2. The van der Waals surface area contributed by atoms with Gasteiger partial charge in [-0.05, 0) is 67.5 Å². The van der Waals surface area contributed by atoms with Gasteiger partial charge in [-0.2, -0.15) is 0 Å². The molecule has 1 aromatic carbocycles. The van der Waals surface area contributed by atoms with Gasteiger partial charge in [0.15, 0.2) is 5.82 Å². The number of anilines is 4. The van der Waals surface area contributed by atoms with Gasteiger partial charge in [-0.1, -0.05) is 13.0 Å². The highest BCUT2D eigenvalue weighted by Crippen LogP contribution is 2.45. The largest absolute Gasteiger partial charge is 0.390 e. The first-order chi connectivity index (χ1) is 18.6. The van der Waals surface area contributed by atoms with Crippen LogP contribution >= 0.6 is 0 Å². The molecule has 2 aliphatic rings. The van der Waals surface area contributed by atoms with Crippen molar-refractivity contribution in [2.24, 2.45) is 0 Å². The van der Waals surface area contributed by atoms with Crippen LogP contribution in [0, 0.1) is 0 Å². The zero-order chi connectivity index (χ0) is 26.1. The molecule has 0 bridgehead atoms. The number of aliphatic hydroxyl groups is 2. The fraction of sp³-hybridized carbons (Fsp3) is 0.379. The lowest BCUT2D eigenvalue weighted by Gasteiger charge is -2.35. The van der Waals surface area contributed by atoms with E-state index in [4.69, 9.17) is 9.97 Å². The van der Waals surface area contributed by atoms with Gasteiger partial charge in [-0.15, -0.1) is 0 Å². The van der Waals surface area contributed by atoms with Crippen molar-refractivity contribution in [3.8, 4) is 11.4 Å². The van der Waals surface area contributed by atoms with Gasteiger partial charge in [0.1, 0.15) is 11.6 Å². The van der Waals surface area contributed by atoms with E-state index in [1.165, 1.54) is 5.56 Å². The maximum atomic E-state index is 10.4. The standard InChI is InChI=1S/C29H33N7O2/c1-2-10-31-20-4-3-5-21(14-20)33-26-13-19(8-11-32-26)28-34-23-16-30-15-22(18-6-7-18)27(23)29(35-28)36-12-9-24(37)25(38)17-36/h3-5,8,11,13-16,18,24-25,31,37-38H,2,6-7,9-10,12,17H2,1H3,(H,32,33)/t24-,25?/m0/s1. The molecular formula is C29H33N7O2. The smallest absolute Gasteiger partial charge is 0.162 e. The second-order valence-electron chi connectivity index (χ2n) is 10.2. The monoisotopic (exact) mass is 511 g/mol. The summed E-state index contributed by atoms with van der Waals surface area (Å²) in [7, 11) is 0. The molecule has 4 heterocycles. The summed E-state index contributed by atoms with van der Waals surface area (Å²) in [5, 5.41) is 28.4. The van der Waals surface area contributed by atoms with E-state index in [1.54, 1.807) is 12.4 Å². The molecule has 9 heteroatoms. The first kappa shape index (κ1) is 24.5. The maximum absolute atomic E-state index is 10.4. The van der Waals surface area contributed by atoms with Crippen LogP contribution in [0.5, 0.6) is 0 Å². The lowest BCUT2D eigenvalue weighted by Crippen LogP contribution is -2.47. The normalized spacial score (nSPS) is 19.5. The van der Waals surface area contributed by atoms with E-state index in [9.17, 15) is 10.2 Å². The number of aliphatic hydroxyl groups excluding tert-OH is 2. The van der Waals surface area contributed by atoms with Gasteiger partial charge in [0.2, 0.25) is 0 Å². The third-order valence-corrected chi connectivity index (χ3v) is 7.21. The molecule has 0 spiro atoms. The molecule has 1 aliphatic heterocycles. The number of benzene rings is 1. The van der Waals surface area contributed by atoms with Crippen molar-refractivity contribution >= 4 is 33.9 Å².